The number of aromatic carboxylic acids is 1. The number of thiazole rings is 1. The molecule has 2 rings (SSSR count). The molecule has 0 atom stereocenters. The van der Waals surface area contributed by atoms with Crippen molar-refractivity contribution in [2.45, 2.75) is 0 Å². The SMILES string of the molecule is Bc1nc(C(=O)O)c(-c2ccc(F)cc2)s1. The molecule has 1 N–H and O–H groups in total. The number of rotatable bonds is 2. The molecule has 0 saturated heterocycles. The standard InChI is InChI=1S/C10H7BFNO2S/c11-10-13-7(9(14)15)8(16-10)5-1-3-6(12)4-2-5/h1-4H,11H2,(H,14,15). The Labute approximate surface area is 96.0 Å². The molecule has 0 aliphatic heterocycles. The molecule has 0 amide bonds. The molecule has 0 fully saturated rings. The van der Waals surface area contributed by atoms with E-state index >= 15 is 0 Å². The van der Waals surface area contributed by atoms with Crippen LogP contribution in [0.3, 0.4) is 0 Å². The van der Waals surface area contributed by atoms with Gasteiger partial charge in [-0.1, -0.05) is 12.1 Å². The van der Waals surface area contributed by atoms with Gasteiger partial charge in [0.25, 0.3) is 0 Å². The minimum Gasteiger partial charge on any atom is -0.476 e. The van der Waals surface area contributed by atoms with Crippen LogP contribution < -0.4 is 4.91 Å². The number of benzene rings is 1. The van der Waals surface area contributed by atoms with Gasteiger partial charge in [0.1, 0.15) is 5.82 Å². The van der Waals surface area contributed by atoms with Crippen LogP contribution in [0.15, 0.2) is 24.3 Å². The average Bonchev–Trinajstić information content (AvgIpc) is 2.61. The van der Waals surface area contributed by atoms with Gasteiger partial charge in [0.15, 0.2) is 13.5 Å². The minimum atomic E-state index is -1.07. The van der Waals surface area contributed by atoms with Crippen LogP contribution in [0, 0.1) is 5.82 Å². The molecule has 3 nitrogen and oxygen atoms in total. The predicted molar refractivity (Wildman–Crippen MR) is 62.6 cm³/mol. The van der Waals surface area contributed by atoms with Gasteiger partial charge < -0.3 is 5.11 Å². The molecule has 0 aliphatic carbocycles. The Morgan fingerprint density at radius 3 is 2.56 bits per heavy atom. The molecule has 1 aromatic carbocycles. The van der Waals surface area contributed by atoms with Crippen LogP contribution in [0.1, 0.15) is 10.5 Å². The minimum absolute atomic E-state index is 0.0223. The van der Waals surface area contributed by atoms with Gasteiger partial charge in [-0.25, -0.2) is 14.2 Å². The lowest BCUT2D eigenvalue weighted by atomic mass is 10.1. The van der Waals surface area contributed by atoms with E-state index in [1.54, 1.807) is 20.0 Å². The second kappa shape index (κ2) is 4.06. The fraction of sp³-hybridized carbons (Fsp3) is 0. The van der Waals surface area contributed by atoms with E-state index < -0.39 is 5.97 Å². The van der Waals surface area contributed by atoms with Crippen molar-refractivity contribution in [1.82, 2.24) is 4.98 Å². The zero-order chi connectivity index (χ0) is 11.7. The molecule has 0 radical (unpaired) electrons. The molecule has 0 saturated carbocycles. The van der Waals surface area contributed by atoms with Crippen molar-refractivity contribution in [2.75, 3.05) is 0 Å². The summed E-state index contributed by atoms with van der Waals surface area (Å²) in [5.74, 6) is -1.41. The summed E-state index contributed by atoms with van der Waals surface area (Å²) < 4.78 is 12.7. The monoisotopic (exact) mass is 235 g/mol. The largest absolute Gasteiger partial charge is 0.476 e. The third-order valence-corrected chi connectivity index (χ3v) is 3.06. The first-order valence-electron chi connectivity index (χ1n) is 4.54. The molecular formula is C10H7BFNO2S. The Morgan fingerprint density at radius 1 is 1.38 bits per heavy atom. The highest BCUT2D eigenvalue weighted by atomic mass is 32.1. The highest BCUT2D eigenvalue weighted by Crippen LogP contribution is 2.26. The molecule has 0 aliphatic rings. The number of nitrogens with zero attached hydrogens (tertiary/aromatic N) is 1. The highest BCUT2D eigenvalue weighted by molar-refractivity contribution is 7.22. The normalized spacial score (nSPS) is 10.3. The van der Waals surface area contributed by atoms with E-state index in [0.29, 0.717) is 15.3 Å². The molecule has 1 aromatic heterocycles. The van der Waals surface area contributed by atoms with E-state index in [1.807, 2.05) is 0 Å². The van der Waals surface area contributed by atoms with Gasteiger partial charge in [0.05, 0.1) is 4.88 Å². The zero-order valence-electron chi connectivity index (χ0n) is 8.40. The number of carboxylic acids is 1. The van der Waals surface area contributed by atoms with Gasteiger partial charge in [0, 0.05) is 4.91 Å². The maximum atomic E-state index is 12.7. The third kappa shape index (κ3) is 1.97. The molecule has 0 bridgehead atoms. The van der Waals surface area contributed by atoms with Gasteiger partial charge in [-0.2, -0.15) is 0 Å². The second-order valence-electron chi connectivity index (χ2n) is 3.22. The molecule has 6 heteroatoms. The van der Waals surface area contributed by atoms with Crippen molar-refractivity contribution in [2.24, 2.45) is 0 Å². The Hall–Kier alpha value is -1.69. The lowest BCUT2D eigenvalue weighted by Gasteiger charge is -1.98. The number of halogens is 1. The van der Waals surface area contributed by atoms with E-state index in [4.69, 9.17) is 5.11 Å². The maximum Gasteiger partial charge on any atom is 0.355 e. The van der Waals surface area contributed by atoms with Crippen LogP contribution in [0.4, 0.5) is 4.39 Å². The summed E-state index contributed by atoms with van der Waals surface area (Å²) >= 11 is 1.29. The first-order chi connectivity index (χ1) is 7.58. The number of carboxylic acid groups (broad SMARTS) is 1. The van der Waals surface area contributed by atoms with Crippen LogP contribution in [0.25, 0.3) is 10.4 Å². The number of aromatic nitrogens is 1. The second-order valence-corrected chi connectivity index (χ2v) is 4.43. The van der Waals surface area contributed by atoms with Crippen molar-refractivity contribution in [3.63, 3.8) is 0 Å². The molecule has 80 valence electrons. The van der Waals surface area contributed by atoms with Crippen molar-refractivity contribution in [3.05, 3.63) is 35.8 Å². The van der Waals surface area contributed by atoms with Crippen LogP contribution in [0.5, 0.6) is 0 Å². The summed E-state index contributed by atoms with van der Waals surface area (Å²) in [7, 11) is 1.74. The number of hydrogen-bond donors (Lipinski definition) is 1. The summed E-state index contributed by atoms with van der Waals surface area (Å²) in [5.41, 5.74) is 0.693. The third-order valence-electron chi connectivity index (χ3n) is 2.04. The maximum absolute atomic E-state index is 12.7. The first kappa shape index (κ1) is 10.8. The van der Waals surface area contributed by atoms with Crippen molar-refractivity contribution in [3.8, 4) is 10.4 Å². The van der Waals surface area contributed by atoms with Gasteiger partial charge in [-0.15, -0.1) is 11.3 Å². The summed E-state index contributed by atoms with van der Waals surface area (Å²) in [4.78, 5) is 16.1. The van der Waals surface area contributed by atoms with E-state index in [9.17, 15) is 9.18 Å². The Kier molecular flexibility index (Phi) is 2.74. The highest BCUT2D eigenvalue weighted by Gasteiger charge is 2.16. The smallest absolute Gasteiger partial charge is 0.355 e. The van der Waals surface area contributed by atoms with Gasteiger partial charge >= 0.3 is 5.97 Å². The van der Waals surface area contributed by atoms with Crippen LogP contribution in [-0.2, 0) is 0 Å². The van der Waals surface area contributed by atoms with Crippen LogP contribution in [0.2, 0.25) is 0 Å². The van der Waals surface area contributed by atoms with Crippen LogP contribution in [-0.4, -0.2) is 23.9 Å². The lowest BCUT2D eigenvalue weighted by Crippen LogP contribution is -2.04. The number of carbonyl (C=O) groups is 1. The fourth-order valence-electron chi connectivity index (χ4n) is 1.37. The Morgan fingerprint density at radius 2 is 2.00 bits per heavy atom. The van der Waals surface area contributed by atoms with Gasteiger partial charge in [0.2, 0.25) is 0 Å². The predicted octanol–water partition coefficient (Wildman–Crippen LogP) is 0.906. The van der Waals surface area contributed by atoms with Crippen molar-refractivity contribution in [1.29, 1.82) is 0 Å². The molecule has 0 spiro atoms. The lowest BCUT2D eigenvalue weighted by molar-refractivity contribution is 0.0692. The summed E-state index contributed by atoms with van der Waals surface area (Å²) in [5, 5.41) is 8.96. The molecule has 2 aromatic rings. The molecular weight excluding hydrogens is 228 g/mol. The van der Waals surface area contributed by atoms with Crippen molar-refractivity contribution < 1.29 is 14.3 Å². The quantitative estimate of drug-likeness (QED) is 0.787. The van der Waals surface area contributed by atoms with E-state index in [-0.39, 0.29) is 11.5 Å². The fourth-order valence-corrected chi connectivity index (χ4v) is 2.28. The average molecular weight is 235 g/mol. The van der Waals surface area contributed by atoms with Gasteiger partial charge in [-0.05, 0) is 17.7 Å². The molecule has 0 unspecified atom stereocenters. The molecule has 16 heavy (non-hydrogen) atoms. The first-order valence-corrected chi connectivity index (χ1v) is 5.36. The summed E-state index contributed by atoms with van der Waals surface area (Å²) in [6.45, 7) is 0. The van der Waals surface area contributed by atoms with E-state index in [1.165, 1.54) is 23.5 Å². The van der Waals surface area contributed by atoms with E-state index in [2.05, 4.69) is 4.98 Å². The Bertz CT molecular complexity index is 538. The Balaban J connectivity index is 2.55. The molecule has 1 heterocycles. The summed E-state index contributed by atoms with van der Waals surface area (Å²) in [6, 6.07) is 5.70. The topological polar surface area (TPSA) is 50.2 Å². The van der Waals surface area contributed by atoms with Gasteiger partial charge in [-0.3, -0.25) is 0 Å². The number of hydrogen-bond acceptors (Lipinski definition) is 3. The van der Waals surface area contributed by atoms with E-state index in [0.717, 1.165) is 0 Å². The van der Waals surface area contributed by atoms with Crippen LogP contribution >= 0.6 is 11.3 Å². The van der Waals surface area contributed by atoms with Crippen molar-refractivity contribution >= 4 is 30.1 Å². The zero-order valence-corrected chi connectivity index (χ0v) is 9.21. The summed E-state index contributed by atoms with van der Waals surface area (Å²) in [6.07, 6.45) is 0.